The van der Waals surface area contributed by atoms with Gasteiger partial charge in [0.05, 0.1) is 27.7 Å². The summed E-state index contributed by atoms with van der Waals surface area (Å²) in [6, 6.07) is 0. The Morgan fingerprint density at radius 2 is 1.86 bits per heavy atom. The summed E-state index contributed by atoms with van der Waals surface area (Å²) in [5, 5.41) is 2.18. The molecule has 1 amide bonds. The van der Waals surface area contributed by atoms with Crippen LogP contribution in [0.25, 0.3) is 0 Å². The molecule has 0 aromatic rings. The Balaban J connectivity index is 3.67. The van der Waals surface area contributed by atoms with E-state index < -0.39 is 13.2 Å². The number of amides is 1. The lowest BCUT2D eigenvalue weighted by molar-refractivity contribution is -0.870. The molecular formula is C7H18N2O4P+. The number of carbonyl (C=O) groups is 1. The maximum atomic E-state index is 10.7. The lowest BCUT2D eigenvalue weighted by Gasteiger charge is -2.23. The Labute approximate surface area is 83.7 Å². The van der Waals surface area contributed by atoms with E-state index in [0.717, 1.165) is 11.0 Å². The molecule has 0 atom stereocenters. The topological polar surface area (TPSA) is 86.6 Å². The van der Waals surface area contributed by atoms with Crippen LogP contribution in [0.2, 0.25) is 0 Å². The molecule has 0 aromatic carbocycles. The highest BCUT2D eigenvalue weighted by Crippen LogP contribution is 2.34. The first-order valence-corrected chi connectivity index (χ1v) is 5.88. The monoisotopic (exact) mass is 225 g/mol. The van der Waals surface area contributed by atoms with E-state index in [9.17, 15) is 9.36 Å². The van der Waals surface area contributed by atoms with Crippen molar-refractivity contribution in [2.45, 2.75) is 6.42 Å². The predicted molar refractivity (Wildman–Crippen MR) is 53.0 cm³/mol. The Kier molecular flexibility index (Phi) is 4.74. The lowest BCUT2D eigenvalue weighted by atomic mass is 10.4. The minimum absolute atomic E-state index is 0.291. The Morgan fingerprint density at radius 3 is 2.21 bits per heavy atom. The van der Waals surface area contributed by atoms with Gasteiger partial charge >= 0.3 is 13.2 Å². The van der Waals surface area contributed by atoms with Crippen LogP contribution in [-0.2, 0) is 4.57 Å². The van der Waals surface area contributed by atoms with E-state index in [1.807, 2.05) is 21.1 Å². The highest BCUT2D eigenvalue weighted by atomic mass is 31.2. The minimum Gasteiger partial charge on any atom is -0.345 e. The van der Waals surface area contributed by atoms with Crippen LogP contribution in [0.15, 0.2) is 0 Å². The van der Waals surface area contributed by atoms with E-state index in [2.05, 4.69) is 5.32 Å². The summed E-state index contributed by atoms with van der Waals surface area (Å²) < 4.78 is 11.2. The molecule has 0 rings (SSSR count). The average Bonchev–Trinajstić information content (AvgIpc) is 1.93. The third-order valence-electron chi connectivity index (χ3n) is 1.55. The van der Waals surface area contributed by atoms with Gasteiger partial charge in [-0.1, -0.05) is 0 Å². The molecule has 0 heterocycles. The fourth-order valence-electron chi connectivity index (χ4n) is 0.852. The Hall–Kier alpha value is -0.420. The van der Waals surface area contributed by atoms with Crippen molar-refractivity contribution in [2.24, 2.45) is 0 Å². The molecule has 7 heteroatoms. The molecular weight excluding hydrogens is 207 g/mol. The molecule has 0 aliphatic heterocycles. The third kappa shape index (κ3) is 7.03. The molecule has 0 saturated heterocycles. The van der Waals surface area contributed by atoms with Crippen LogP contribution < -0.4 is 5.32 Å². The first-order valence-electron chi connectivity index (χ1n) is 4.27. The summed E-state index contributed by atoms with van der Waals surface area (Å²) in [7, 11) is 1.42. The summed E-state index contributed by atoms with van der Waals surface area (Å²) in [6.45, 7) is 1.13. The molecule has 0 aliphatic carbocycles. The van der Waals surface area contributed by atoms with Crippen molar-refractivity contribution < 1.29 is 23.6 Å². The van der Waals surface area contributed by atoms with Gasteiger partial charge in [0, 0.05) is 13.0 Å². The van der Waals surface area contributed by atoms with Crippen molar-refractivity contribution >= 4 is 13.2 Å². The summed E-state index contributed by atoms with van der Waals surface area (Å²) in [5.74, 6) is 0. The number of carbonyl (C=O) groups excluding carboxylic acids is 1. The second-order valence-corrected chi connectivity index (χ2v) is 5.64. The highest BCUT2D eigenvalue weighted by Gasteiger charge is 2.24. The molecule has 0 aliphatic rings. The lowest BCUT2D eigenvalue weighted by Crippen LogP contribution is -2.37. The van der Waals surface area contributed by atoms with Gasteiger partial charge in [-0.05, 0) is 0 Å². The smallest absolute Gasteiger partial charge is 0.345 e. The van der Waals surface area contributed by atoms with Gasteiger partial charge in [-0.15, -0.1) is 0 Å². The van der Waals surface area contributed by atoms with Crippen molar-refractivity contribution in [1.29, 1.82) is 0 Å². The maximum absolute atomic E-state index is 10.7. The van der Waals surface area contributed by atoms with E-state index in [1.54, 1.807) is 0 Å². The van der Waals surface area contributed by atoms with Crippen molar-refractivity contribution in [2.75, 3.05) is 34.2 Å². The van der Waals surface area contributed by atoms with Crippen molar-refractivity contribution in [1.82, 2.24) is 5.32 Å². The molecule has 0 saturated carbocycles. The van der Waals surface area contributed by atoms with Crippen LogP contribution >= 0.6 is 7.60 Å². The fraction of sp³-hybridized carbons (Fsp3) is 0.857. The van der Waals surface area contributed by atoms with Crippen LogP contribution in [0, 0.1) is 0 Å². The molecule has 6 nitrogen and oxygen atoms in total. The third-order valence-corrected chi connectivity index (χ3v) is 2.23. The van der Waals surface area contributed by atoms with Crippen molar-refractivity contribution in [3.05, 3.63) is 0 Å². The van der Waals surface area contributed by atoms with Crippen LogP contribution in [0.5, 0.6) is 0 Å². The van der Waals surface area contributed by atoms with Gasteiger partial charge in [0.2, 0.25) is 0 Å². The normalized spacial score (nSPS) is 12.6. The zero-order chi connectivity index (χ0) is 11.4. The van der Waals surface area contributed by atoms with Crippen molar-refractivity contribution in [3.63, 3.8) is 0 Å². The second kappa shape index (κ2) is 4.89. The first kappa shape index (κ1) is 13.6. The number of quaternary nitrogens is 1. The first-order chi connectivity index (χ1) is 6.13. The molecule has 0 bridgehead atoms. The summed E-state index contributed by atoms with van der Waals surface area (Å²) in [5.41, 5.74) is -1.20. The molecule has 0 radical (unpaired) electrons. The number of rotatable bonds is 5. The van der Waals surface area contributed by atoms with Gasteiger partial charge in [0.25, 0.3) is 0 Å². The van der Waals surface area contributed by atoms with Gasteiger partial charge in [-0.25, -0.2) is 4.57 Å². The molecule has 14 heavy (non-hydrogen) atoms. The van der Waals surface area contributed by atoms with E-state index >= 15 is 0 Å². The van der Waals surface area contributed by atoms with E-state index in [1.165, 1.54) is 0 Å². The summed E-state index contributed by atoms with van der Waals surface area (Å²) in [4.78, 5) is 27.6. The molecule has 0 unspecified atom stereocenters. The number of hydrogen-bond donors (Lipinski definition) is 3. The molecule has 3 N–H and O–H groups in total. The van der Waals surface area contributed by atoms with Gasteiger partial charge < -0.3 is 19.6 Å². The molecule has 0 fully saturated rings. The van der Waals surface area contributed by atoms with E-state index in [0.29, 0.717) is 13.0 Å². The van der Waals surface area contributed by atoms with E-state index in [-0.39, 0.29) is 0 Å². The zero-order valence-electron chi connectivity index (χ0n) is 8.73. The number of hydrogen-bond acceptors (Lipinski definition) is 2. The van der Waals surface area contributed by atoms with Gasteiger partial charge in [-0.2, -0.15) is 0 Å². The van der Waals surface area contributed by atoms with Gasteiger partial charge in [0.1, 0.15) is 0 Å². The summed E-state index contributed by atoms with van der Waals surface area (Å²) in [6.07, 6.45) is 0.690. The highest BCUT2D eigenvalue weighted by molar-refractivity contribution is 7.69. The van der Waals surface area contributed by atoms with Crippen LogP contribution in [0.1, 0.15) is 6.42 Å². The maximum Gasteiger partial charge on any atom is 0.413 e. The molecule has 0 aromatic heterocycles. The Morgan fingerprint density at radius 1 is 1.36 bits per heavy atom. The number of nitrogens with zero attached hydrogens (tertiary/aromatic N) is 1. The van der Waals surface area contributed by atoms with Crippen LogP contribution in [0.4, 0.5) is 4.79 Å². The van der Waals surface area contributed by atoms with Crippen LogP contribution in [-0.4, -0.2) is 54.2 Å². The zero-order valence-corrected chi connectivity index (χ0v) is 9.62. The predicted octanol–water partition coefficient (Wildman–Crippen LogP) is -0.0300. The standard InChI is InChI=1S/C7H17N2O4P/c1-9(2,3)6-4-5-8-7(10)14(11,12)13/h4-6H2,1-3H3,(H2-,8,10,11,12,13)/p+1. The quantitative estimate of drug-likeness (QED) is 0.348. The molecule has 0 spiro atoms. The van der Waals surface area contributed by atoms with Crippen molar-refractivity contribution in [3.8, 4) is 0 Å². The van der Waals surface area contributed by atoms with Gasteiger partial charge in [0.15, 0.2) is 0 Å². The SMILES string of the molecule is C[N+](C)(C)CCCNC(=O)P(=O)(O)O. The fourth-order valence-corrected chi connectivity index (χ4v) is 1.17. The minimum atomic E-state index is -4.59. The average molecular weight is 225 g/mol. The molecule has 84 valence electrons. The second-order valence-electron chi connectivity index (χ2n) is 4.14. The Bertz CT molecular complexity index is 243. The summed E-state index contributed by atoms with van der Waals surface area (Å²) >= 11 is 0. The largest absolute Gasteiger partial charge is 0.413 e. The van der Waals surface area contributed by atoms with Crippen LogP contribution in [0.3, 0.4) is 0 Å². The van der Waals surface area contributed by atoms with Gasteiger partial charge in [-0.3, -0.25) is 4.79 Å². The number of nitrogens with one attached hydrogen (secondary N) is 1. The van der Waals surface area contributed by atoms with E-state index in [4.69, 9.17) is 9.79 Å².